The smallest absolute Gasteiger partial charge is 0.281 e. The van der Waals surface area contributed by atoms with Crippen molar-refractivity contribution in [1.82, 2.24) is 29.5 Å². The van der Waals surface area contributed by atoms with Crippen LogP contribution in [0.2, 0.25) is 5.11 Å². The van der Waals surface area contributed by atoms with Gasteiger partial charge in [0, 0.05) is 23.3 Å². The minimum absolute atomic E-state index is 0.00759. The Bertz CT molecular complexity index is 1830. The highest BCUT2D eigenvalue weighted by molar-refractivity contribution is 6.67. The second-order valence-electron chi connectivity index (χ2n) is 9.56. The number of aromatic nitrogens is 6. The van der Waals surface area contributed by atoms with E-state index in [1.165, 1.54) is 29.1 Å². The largest absolute Gasteiger partial charge is 0.383 e. The van der Waals surface area contributed by atoms with Gasteiger partial charge in [-0.3, -0.25) is 14.5 Å². The van der Waals surface area contributed by atoms with Crippen molar-refractivity contribution in [2.75, 3.05) is 5.32 Å². The van der Waals surface area contributed by atoms with E-state index in [2.05, 4.69) is 25.5 Å². The fourth-order valence-electron chi connectivity index (χ4n) is 3.93. The summed E-state index contributed by atoms with van der Waals surface area (Å²) in [6.45, 7) is 0. The molecule has 18 heteroatoms. The standard InChI is InChI=1S/C23H11B8F2N7O/c24-21(25,26)22(27,28)36-16-6-5-14-18(35-16)17(10-1-3-15(19(32)33)34-8-10)20(41)40(38-14)12-2-4-13-11(7-12)9-39(37-13)23(29,30)31/h1-9,19H,(H,35,36). The molecular weight excluding hydrogens is 515 g/mol. The predicted molar refractivity (Wildman–Crippen MR) is 160 cm³/mol. The molecule has 0 fully saturated rings. The maximum atomic E-state index is 13.9. The molecule has 41 heavy (non-hydrogen) atoms. The normalized spacial score (nSPS) is 12.8. The number of pyridine rings is 2. The van der Waals surface area contributed by atoms with Crippen LogP contribution in [-0.4, -0.2) is 97.6 Å². The zero-order valence-electron chi connectivity index (χ0n) is 21.2. The van der Waals surface area contributed by atoms with Gasteiger partial charge in [0.05, 0.1) is 79.5 Å². The van der Waals surface area contributed by atoms with E-state index in [1.807, 2.05) is 0 Å². The van der Waals surface area contributed by atoms with E-state index in [1.54, 1.807) is 18.2 Å². The number of alkyl halides is 2. The zero-order chi connectivity index (χ0) is 29.9. The van der Waals surface area contributed by atoms with E-state index in [-0.39, 0.29) is 28.0 Å². The molecule has 1 N–H and O–H groups in total. The van der Waals surface area contributed by atoms with Crippen LogP contribution in [0, 0.1) is 0 Å². The van der Waals surface area contributed by atoms with Crippen LogP contribution in [0.4, 0.5) is 14.6 Å². The fourth-order valence-corrected chi connectivity index (χ4v) is 3.93. The van der Waals surface area contributed by atoms with Gasteiger partial charge in [-0.15, -0.1) is 5.11 Å². The second kappa shape index (κ2) is 9.99. The van der Waals surface area contributed by atoms with Gasteiger partial charge in [0.25, 0.3) is 12.0 Å². The summed E-state index contributed by atoms with van der Waals surface area (Å²) in [5.41, 5.74) is 0.212. The van der Waals surface area contributed by atoms with Gasteiger partial charge in [-0.1, -0.05) is 11.4 Å². The molecule has 0 spiro atoms. The Morgan fingerprint density at radius 1 is 0.878 bits per heavy atom. The maximum absolute atomic E-state index is 13.9. The lowest BCUT2D eigenvalue weighted by molar-refractivity contribution is 0.146. The molecule has 0 aliphatic rings. The molecule has 4 aromatic heterocycles. The first-order chi connectivity index (χ1) is 19.0. The third kappa shape index (κ3) is 5.48. The van der Waals surface area contributed by atoms with E-state index in [0.717, 1.165) is 16.9 Å². The summed E-state index contributed by atoms with van der Waals surface area (Å²) in [4.78, 5) is 22.2. The van der Waals surface area contributed by atoms with Crippen LogP contribution in [0.3, 0.4) is 0 Å². The Hall–Kier alpha value is -3.69. The average Bonchev–Trinajstić information content (AvgIpc) is 3.32. The summed E-state index contributed by atoms with van der Waals surface area (Å²) < 4.78 is 28.7. The first-order valence-corrected chi connectivity index (χ1v) is 11.8. The van der Waals surface area contributed by atoms with Gasteiger partial charge in [-0.25, -0.2) is 13.8 Å². The van der Waals surface area contributed by atoms with Crippen molar-refractivity contribution in [2.45, 2.75) is 22.1 Å². The lowest BCUT2D eigenvalue weighted by atomic mass is 9.26. The molecule has 4 heterocycles. The fraction of sp³-hybridized carbons (Fsp3) is 0.174. The summed E-state index contributed by atoms with van der Waals surface area (Å²) >= 11 is 0. The SMILES string of the molecule is [B]C([B])([B])n1cc2cc(-n3nc4ccc(NC([B])([B])C([B])([B])[B])nc4c(-c4ccc(C(F)F)nc4)c3=O)ccc2n1. The summed E-state index contributed by atoms with van der Waals surface area (Å²) in [6.07, 6.45) is -0.158. The molecule has 0 atom stereocenters. The van der Waals surface area contributed by atoms with Crippen LogP contribution in [0.15, 0.2) is 59.7 Å². The molecule has 5 rings (SSSR count). The van der Waals surface area contributed by atoms with Crippen molar-refractivity contribution < 1.29 is 8.78 Å². The third-order valence-electron chi connectivity index (χ3n) is 6.20. The van der Waals surface area contributed by atoms with Crippen molar-refractivity contribution in [2.24, 2.45) is 0 Å². The third-order valence-corrected chi connectivity index (χ3v) is 6.20. The second-order valence-corrected chi connectivity index (χ2v) is 9.56. The first-order valence-electron chi connectivity index (χ1n) is 11.8. The Balaban J connectivity index is 1.72. The van der Waals surface area contributed by atoms with Crippen molar-refractivity contribution >= 4 is 90.5 Å². The zero-order valence-corrected chi connectivity index (χ0v) is 21.2. The number of rotatable bonds is 7. The van der Waals surface area contributed by atoms with E-state index in [9.17, 15) is 13.6 Å². The Labute approximate surface area is 243 Å². The topological polar surface area (TPSA) is 90.5 Å². The van der Waals surface area contributed by atoms with Crippen LogP contribution in [0.25, 0.3) is 38.8 Å². The number of halogens is 2. The van der Waals surface area contributed by atoms with Gasteiger partial charge >= 0.3 is 0 Å². The summed E-state index contributed by atoms with van der Waals surface area (Å²) in [7, 11) is 46.0. The monoisotopic (exact) mass is 527 g/mol. The Morgan fingerprint density at radius 2 is 1.59 bits per heavy atom. The molecule has 0 amide bonds. The maximum Gasteiger partial charge on any atom is 0.281 e. The lowest BCUT2D eigenvalue weighted by Gasteiger charge is -2.43. The van der Waals surface area contributed by atoms with Crippen molar-refractivity contribution in [3.05, 3.63) is 70.9 Å². The van der Waals surface area contributed by atoms with E-state index in [4.69, 9.17) is 62.8 Å². The molecular formula is C23H11B8F2N7O. The molecule has 1 aromatic carbocycles. The number of nitrogens with zero attached hydrogens (tertiary/aromatic N) is 6. The van der Waals surface area contributed by atoms with Gasteiger partial charge in [0.15, 0.2) is 0 Å². The minimum Gasteiger partial charge on any atom is -0.383 e. The summed E-state index contributed by atoms with van der Waals surface area (Å²) in [6, 6.07) is 10.3. The van der Waals surface area contributed by atoms with Gasteiger partial charge < -0.3 is 5.32 Å². The Morgan fingerprint density at radius 3 is 2.20 bits per heavy atom. The van der Waals surface area contributed by atoms with E-state index >= 15 is 0 Å². The molecule has 16 radical (unpaired) electrons. The average molecular weight is 526 g/mol. The quantitative estimate of drug-likeness (QED) is 0.305. The highest BCUT2D eigenvalue weighted by Crippen LogP contribution is 2.30. The van der Waals surface area contributed by atoms with Gasteiger partial charge in [-0.05, 0) is 41.6 Å². The molecule has 182 valence electrons. The number of benzene rings is 1. The summed E-state index contributed by atoms with van der Waals surface area (Å²) in [5.74, 6) is 0.0493. The number of anilines is 1. The highest BCUT2D eigenvalue weighted by Gasteiger charge is 2.30. The van der Waals surface area contributed by atoms with Crippen molar-refractivity contribution in [1.29, 1.82) is 0 Å². The molecule has 5 aromatic rings. The first kappa shape index (κ1) is 28.8. The molecule has 0 saturated carbocycles. The summed E-state index contributed by atoms with van der Waals surface area (Å²) in [5, 5.41) is 6.05. The number of fused-ring (bicyclic) bond motifs is 2. The highest BCUT2D eigenvalue weighted by atomic mass is 19.3. The van der Waals surface area contributed by atoms with Crippen LogP contribution in [-0.2, 0) is 5.24 Å². The molecule has 0 unspecified atom stereocenters. The van der Waals surface area contributed by atoms with Crippen LogP contribution in [0.5, 0.6) is 0 Å². The van der Waals surface area contributed by atoms with E-state index in [0.29, 0.717) is 16.6 Å². The Kier molecular flexibility index (Phi) is 7.02. The van der Waals surface area contributed by atoms with Gasteiger partial charge in [0.1, 0.15) is 22.5 Å². The molecule has 0 aliphatic heterocycles. The van der Waals surface area contributed by atoms with Crippen molar-refractivity contribution in [3.8, 4) is 16.8 Å². The van der Waals surface area contributed by atoms with E-state index < -0.39 is 33.4 Å². The number of hydrogen-bond acceptors (Lipinski definition) is 6. The van der Waals surface area contributed by atoms with Gasteiger partial charge in [0.2, 0.25) is 0 Å². The number of hydrogen-bond donors (Lipinski definition) is 1. The van der Waals surface area contributed by atoms with Crippen LogP contribution >= 0.6 is 0 Å². The van der Waals surface area contributed by atoms with Crippen LogP contribution in [0.1, 0.15) is 12.1 Å². The van der Waals surface area contributed by atoms with Crippen molar-refractivity contribution in [3.63, 3.8) is 0 Å². The predicted octanol–water partition coefficient (Wildman–Crippen LogP) is 0.185. The molecule has 0 saturated heterocycles. The van der Waals surface area contributed by atoms with Crippen LogP contribution < -0.4 is 10.9 Å². The minimum atomic E-state index is -2.81. The molecule has 0 bridgehead atoms. The lowest BCUT2D eigenvalue weighted by Crippen LogP contribution is -2.52. The van der Waals surface area contributed by atoms with Gasteiger partial charge in [-0.2, -0.15) is 14.9 Å². The molecule has 8 nitrogen and oxygen atoms in total. The number of nitrogens with one attached hydrogen (secondary N) is 1. The molecule has 0 aliphatic carbocycles.